The van der Waals surface area contributed by atoms with E-state index in [2.05, 4.69) is 10.2 Å². The Labute approximate surface area is 105 Å². The number of ether oxygens (including phenoxy) is 2. The summed E-state index contributed by atoms with van der Waals surface area (Å²) >= 11 is 0. The highest BCUT2D eigenvalue weighted by molar-refractivity contribution is 5.85. The Morgan fingerprint density at radius 2 is 1.94 bits per heavy atom. The van der Waals surface area contributed by atoms with E-state index >= 15 is 0 Å². The van der Waals surface area contributed by atoms with Crippen molar-refractivity contribution in [2.45, 2.75) is 0 Å². The molecule has 2 rings (SSSR count). The maximum Gasteiger partial charge on any atom is 0.145 e. The molecule has 92 valence electrons. The third-order valence-electron chi connectivity index (χ3n) is 2.29. The van der Waals surface area contributed by atoms with Gasteiger partial charge < -0.3 is 15.2 Å². The van der Waals surface area contributed by atoms with Crippen LogP contribution in [0.25, 0.3) is 11.3 Å². The fraction of sp³-hybridized carbons (Fsp3) is 0.182. The van der Waals surface area contributed by atoms with Crippen LogP contribution < -0.4 is 15.2 Å². The van der Waals surface area contributed by atoms with Crippen molar-refractivity contribution in [2.24, 2.45) is 0 Å². The quantitative estimate of drug-likeness (QED) is 0.881. The maximum atomic E-state index is 5.56. The zero-order chi connectivity index (χ0) is 11.5. The monoisotopic (exact) mass is 255 g/mol. The van der Waals surface area contributed by atoms with E-state index in [9.17, 15) is 0 Å². The van der Waals surface area contributed by atoms with Crippen LogP contribution in [0.1, 0.15) is 0 Å². The van der Waals surface area contributed by atoms with E-state index in [1.165, 1.54) is 0 Å². The lowest BCUT2D eigenvalue weighted by Gasteiger charge is -2.08. The van der Waals surface area contributed by atoms with Crippen LogP contribution in [0.4, 0.5) is 5.82 Å². The fourth-order valence-electron chi connectivity index (χ4n) is 1.50. The number of H-pyrrole nitrogens is 1. The highest BCUT2D eigenvalue weighted by atomic mass is 35.5. The van der Waals surface area contributed by atoms with E-state index in [-0.39, 0.29) is 12.4 Å². The normalized spacial score (nSPS) is 9.53. The highest BCUT2D eigenvalue weighted by Crippen LogP contribution is 2.32. The summed E-state index contributed by atoms with van der Waals surface area (Å²) in [4.78, 5) is 0. The number of nitrogens with zero attached hydrogens (tertiary/aromatic N) is 1. The molecule has 0 atom stereocenters. The topological polar surface area (TPSA) is 73.2 Å². The van der Waals surface area contributed by atoms with Gasteiger partial charge in [-0.3, -0.25) is 5.10 Å². The molecule has 5 nitrogen and oxygen atoms in total. The second kappa shape index (κ2) is 5.45. The van der Waals surface area contributed by atoms with E-state index in [0.717, 1.165) is 22.8 Å². The molecular weight excluding hydrogens is 242 g/mol. The number of anilines is 1. The van der Waals surface area contributed by atoms with Crippen LogP contribution in [0.15, 0.2) is 24.3 Å². The number of hydrogen-bond donors (Lipinski definition) is 2. The number of aromatic amines is 1. The molecule has 1 aromatic carbocycles. The molecule has 0 spiro atoms. The average Bonchev–Trinajstić information content (AvgIpc) is 2.75. The molecule has 2 aromatic rings. The minimum atomic E-state index is 0. The third kappa shape index (κ3) is 2.62. The molecule has 0 fully saturated rings. The number of halogens is 1. The summed E-state index contributed by atoms with van der Waals surface area (Å²) in [6.45, 7) is 0. The van der Waals surface area contributed by atoms with Crippen LogP contribution in [-0.2, 0) is 0 Å². The average molecular weight is 256 g/mol. The first-order valence-corrected chi connectivity index (χ1v) is 4.78. The molecule has 1 heterocycles. The van der Waals surface area contributed by atoms with E-state index < -0.39 is 0 Å². The van der Waals surface area contributed by atoms with Gasteiger partial charge in [0.05, 0.1) is 19.9 Å². The predicted molar refractivity (Wildman–Crippen MR) is 68.8 cm³/mol. The SMILES string of the molecule is COc1ccc(OC)c(-c2cc(N)n[nH]2)c1.Cl. The molecule has 3 N–H and O–H groups in total. The molecule has 17 heavy (non-hydrogen) atoms. The number of methoxy groups -OCH3 is 2. The van der Waals surface area contributed by atoms with E-state index in [4.69, 9.17) is 15.2 Å². The molecule has 0 saturated carbocycles. The molecule has 0 aliphatic heterocycles. The lowest BCUT2D eigenvalue weighted by atomic mass is 10.1. The van der Waals surface area contributed by atoms with Crippen molar-refractivity contribution >= 4 is 18.2 Å². The molecular formula is C11H14ClN3O2. The number of nitrogens with two attached hydrogens (primary N) is 1. The molecule has 1 aromatic heterocycles. The Bertz CT molecular complexity index is 499. The van der Waals surface area contributed by atoms with Crippen molar-refractivity contribution in [3.05, 3.63) is 24.3 Å². The van der Waals surface area contributed by atoms with E-state index in [0.29, 0.717) is 5.82 Å². The largest absolute Gasteiger partial charge is 0.497 e. The van der Waals surface area contributed by atoms with Gasteiger partial charge >= 0.3 is 0 Å². The molecule has 0 unspecified atom stereocenters. The van der Waals surface area contributed by atoms with Crippen LogP contribution in [-0.4, -0.2) is 24.4 Å². The fourth-order valence-corrected chi connectivity index (χ4v) is 1.50. The van der Waals surface area contributed by atoms with Crippen LogP contribution >= 0.6 is 12.4 Å². The lowest BCUT2D eigenvalue weighted by Crippen LogP contribution is -1.90. The van der Waals surface area contributed by atoms with Crippen LogP contribution in [0.5, 0.6) is 11.5 Å². The third-order valence-corrected chi connectivity index (χ3v) is 2.29. The molecule has 0 amide bonds. The first-order valence-electron chi connectivity index (χ1n) is 4.78. The molecule has 0 aliphatic carbocycles. The van der Waals surface area contributed by atoms with Crippen molar-refractivity contribution in [3.8, 4) is 22.8 Å². The van der Waals surface area contributed by atoms with Gasteiger partial charge in [-0.1, -0.05) is 0 Å². The van der Waals surface area contributed by atoms with Gasteiger partial charge in [-0.2, -0.15) is 5.10 Å². The van der Waals surface area contributed by atoms with Crippen molar-refractivity contribution in [3.63, 3.8) is 0 Å². The van der Waals surface area contributed by atoms with Gasteiger partial charge in [0.15, 0.2) is 0 Å². The number of benzene rings is 1. The predicted octanol–water partition coefficient (Wildman–Crippen LogP) is 2.10. The maximum absolute atomic E-state index is 5.56. The molecule has 0 radical (unpaired) electrons. The first-order chi connectivity index (χ1) is 7.74. The molecule has 0 aliphatic rings. The van der Waals surface area contributed by atoms with Crippen LogP contribution in [0.2, 0.25) is 0 Å². The Morgan fingerprint density at radius 3 is 2.47 bits per heavy atom. The van der Waals surface area contributed by atoms with Gasteiger partial charge in [0, 0.05) is 11.6 Å². The Hall–Kier alpha value is -1.88. The number of aromatic nitrogens is 2. The number of rotatable bonds is 3. The number of nitrogens with one attached hydrogen (secondary N) is 1. The minimum absolute atomic E-state index is 0. The summed E-state index contributed by atoms with van der Waals surface area (Å²) in [5.41, 5.74) is 7.23. The molecule has 0 bridgehead atoms. The van der Waals surface area contributed by atoms with Gasteiger partial charge in [0.1, 0.15) is 17.3 Å². The number of hydrogen-bond acceptors (Lipinski definition) is 4. The molecule has 6 heteroatoms. The minimum Gasteiger partial charge on any atom is -0.497 e. The van der Waals surface area contributed by atoms with Crippen LogP contribution in [0.3, 0.4) is 0 Å². The summed E-state index contributed by atoms with van der Waals surface area (Å²) in [6, 6.07) is 7.29. The van der Waals surface area contributed by atoms with E-state index in [1.807, 2.05) is 18.2 Å². The second-order valence-electron chi connectivity index (χ2n) is 3.27. The lowest BCUT2D eigenvalue weighted by molar-refractivity contribution is 0.404. The standard InChI is InChI=1S/C11H13N3O2.ClH/c1-15-7-3-4-10(16-2)8(5-7)9-6-11(12)14-13-9;/h3-6H,1-2H3,(H3,12,13,14);1H. The smallest absolute Gasteiger partial charge is 0.145 e. The first kappa shape index (κ1) is 13.2. The summed E-state index contributed by atoms with van der Waals surface area (Å²) in [5.74, 6) is 1.94. The van der Waals surface area contributed by atoms with Crippen molar-refractivity contribution in [1.29, 1.82) is 0 Å². The zero-order valence-corrected chi connectivity index (χ0v) is 10.4. The van der Waals surface area contributed by atoms with Gasteiger partial charge in [-0.15, -0.1) is 12.4 Å². The summed E-state index contributed by atoms with van der Waals surface area (Å²) in [6.07, 6.45) is 0. The van der Waals surface area contributed by atoms with E-state index in [1.54, 1.807) is 20.3 Å². The second-order valence-corrected chi connectivity index (χ2v) is 3.27. The van der Waals surface area contributed by atoms with Crippen molar-refractivity contribution in [1.82, 2.24) is 10.2 Å². The van der Waals surface area contributed by atoms with Crippen molar-refractivity contribution in [2.75, 3.05) is 20.0 Å². The van der Waals surface area contributed by atoms with Gasteiger partial charge in [0.2, 0.25) is 0 Å². The highest BCUT2D eigenvalue weighted by Gasteiger charge is 2.09. The Kier molecular flexibility index (Phi) is 4.23. The summed E-state index contributed by atoms with van der Waals surface area (Å²) < 4.78 is 10.4. The number of nitrogen functional groups attached to an aromatic ring is 1. The summed E-state index contributed by atoms with van der Waals surface area (Å²) in [5, 5.41) is 6.72. The summed E-state index contributed by atoms with van der Waals surface area (Å²) in [7, 11) is 3.23. The van der Waals surface area contributed by atoms with Gasteiger partial charge in [-0.25, -0.2) is 0 Å². The van der Waals surface area contributed by atoms with Gasteiger partial charge in [0.25, 0.3) is 0 Å². The Morgan fingerprint density at radius 1 is 1.18 bits per heavy atom. The Balaban J connectivity index is 0.00000144. The molecule has 0 saturated heterocycles. The van der Waals surface area contributed by atoms with Crippen molar-refractivity contribution < 1.29 is 9.47 Å². The zero-order valence-electron chi connectivity index (χ0n) is 9.56. The van der Waals surface area contributed by atoms with Crippen LogP contribution in [0, 0.1) is 0 Å². The van der Waals surface area contributed by atoms with Gasteiger partial charge in [-0.05, 0) is 18.2 Å².